The first-order valence-electron chi connectivity index (χ1n) is 1.63. The molecular weight excluding hydrogens is 141 g/mol. The van der Waals surface area contributed by atoms with Crippen LogP contribution in [0.3, 0.4) is 0 Å². The molecule has 0 unspecified atom stereocenters. The summed E-state index contributed by atoms with van der Waals surface area (Å²) in [5.41, 5.74) is 0. The molecule has 0 aromatic carbocycles. The number of carboxylic acids is 1. The molecule has 0 atom stereocenters. The quantitative estimate of drug-likeness (QED) is 0.290. The van der Waals surface area contributed by atoms with E-state index in [9.17, 15) is 13.2 Å². The first kappa shape index (κ1) is 11.0. The second-order valence-electron chi connectivity index (χ2n) is 0.785. The van der Waals surface area contributed by atoms with Gasteiger partial charge >= 0.3 is 6.18 Å². The highest BCUT2D eigenvalue weighted by Crippen LogP contribution is 2.11. The lowest BCUT2D eigenvalue weighted by Crippen LogP contribution is -2.59. The molecule has 0 bridgehead atoms. The molecular formula is C2H5F3N2O2. The number of halogens is 3. The van der Waals surface area contributed by atoms with Gasteiger partial charge in [0.05, 0.1) is 0 Å². The van der Waals surface area contributed by atoms with Gasteiger partial charge in [0.15, 0.2) is 0 Å². The summed E-state index contributed by atoms with van der Waals surface area (Å²) in [7, 11) is 0. The van der Waals surface area contributed by atoms with E-state index in [-0.39, 0.29) is 0 Å². The Balaban J connectivity index is 0. The van der Waals surface area contributed by atoms with E-state index < -0.39 is 12.1 Å². The van der Waals surface area contributed by atoms with Crippen LogP contribution in [0.5, 0.6) is 0 Å². The molecule has 4 nitrogen and oxygen atoms in total. The maximum absolute atomic E-state index is 10.5. The van der Waals surface area contributed by atoms with Gasteiger partial charge in [0.1, 0.15) is 5.97 Å². The fourth-order valence-electron chi connectivity index (χ4n) is 0. The van der Waals surface area contributed by atoms with E-state index in [1.807, 2.05) is 0 Å². The second-order valence-corrected chi connectivity index (χ2v) is 0.785. The largest absolute Gasteiger partial charge is 0.542 e. The summed E-state index contributed by atoms with van der Waals surface area (Å²) in [6.45, 7) is 0. The second kappa shape index (κ2) is 4.10. The third kappa shape index (κ3) is 7.18. The van der Waals surface area contributed by atoms with Crippen molar-refractivity contribution in [2.45, 2.75) is 6.18 Å². The summed E-state index contributed by atoms with van der Waals surface area (Å²) in [6, 6.07) is 0. The summed E-state index contributed by atoms with van der Waals surface area (Å²) in [6.07, 6.45) is -5.19. The molecule has 0 heterocycles. The van der Waals surface area contributed by atoms with Crippen LogP contribution in [-0.4, -0.2) is 12.1 Å². The predicted octanol–water partition coefficient (Wildman–Crippen LogP) is -2.60. The number of aliphatic carboxylic acids is 1. The van der Waals surface area contributed by atoms with Crippen molar-refractivity contribution in [3.8, 4) is 0 Å². The number of carbonyl (C=O) groups excluding carboxylic acids is 1. The Morgan fingerprint density at radius 2 is 1.56 bits per heavy atom. The Hall–Kier alpha value is -0.820. The van der Waals surface area contributed by atoms with Gasteiger partial charge in [0, 0.05) is 0 Å². The van der Waals surface area contributed by atoms with Gasteiger partial charge in [-0.2, -0.15) is 19.0 Å². The molecule has 0 fully saturated rings. The van der Waals surface area contributed by atoms with Crippen molar-refractivity contribution in [1.29, 1.82) is 0 Å². The van der Waals surface area contributed by atoms with Gasteiger partial charge < -0.3 is 9.90 Å². The van der Waals surface area contributed by atoms with E-state index in [4.69, 9.17) is 9.90 Å². The van der Waals surface area contributed by atoms with Crippen molar-refractivity contribution in [3.05, 3.63) is 0 Å². The number of quaternary nitrogens is 1. The van der Waals surface area contributed by atoms with Crippen molar-refractivity contribution >= 4 is 5.97 Å². The number of hydrogen-bond donors (Lipinski definition) is 2. The Bertz CT molecular complexity index is 90.3. The third-order valence-corrected chi connectivity index (χ3v) is 0.231. The van der Waals surface area contributed by atoms with Crippen molar-refractivity contribution in [2.75, 3.05) is 0 Å². The van der Waals surface area contributed by atoms with Crippen LogP contribution in [-0.2, 0) is 4.79 Å². The summed E-state index contributed by atoms with van der Waals surface area (Å²) in [4.78, 5) is 8.78. The average Bonchev–Trinajstić information content (AvgIpc) is 1.69. The smallest absolute Gasteiger partial charge is 0.430 e. The minimum absolute atomic E-state index is 2.75. The predicted molar refractivity (Wildman–Crippen MR) is 18.1 cm³/mol. The number of carboxylic acid groups (broad SMARTS) is 1. The molecule has 56 valence electrons. The van der Waals surface area contributed by atoms with Crippen molar-refractivity contribution in [3.63, 3.8) is 0 Å². The molecule has 0 saturated heterocycles. The molecule has 0 amide bonds. The maximum Gasteiger partial charge on any atom is 0.430 e. The zero-order valence-electron chi connectivity index (χ0n) is 4.23. The van der Waals surface area contributed by atoms with Crippen LogP contribution in [0.15, 0.2) is 0 Å². The molecule has 0 aliphatic heterocycles. The Kier molecular flexibility index (Phi) is 5.03. The number of nitrogens with two attached hydrogens (primary N) is 1. The molecule has 0 aliphatic carbocycles. The van der Waals surface area contributed by atoms with Gasteiger partial charge in [-0.05, 0) is 0 Å². The van der Waals surface area contributed by atoms with Crippen molar-refractivity contribution in [2.24, 2.45) is 5.84 Å². The van der Waals surface area contributed by atoms with Crippen molar-refractivity contribution in [1.82, 2.24) is 0 Å². The van der Waals surface area contributed by atoms with E-state index in [0.717, 1.165) is 0 Å². The molecule has 0 spiro atoms. The van der Waals surface area contributed by atoms with Crippen LogP contribution in [0, 0.1) is 0 Å². The highest BCUT2D eigenvalue weighted by atomic mass is 19.4. The standard InChI is InChI=1S/C2HF3O2.H4N2/c3-2(4,5)1(6)7;1-2/h(H,6,7);1-2H2. The zero-order chi connectivity index (χ0) is 8.08. The first-order valence-corrected chi connectivity index (χ1v) is 1.63. The molecule has 0 saturated carbocycles. The summed E-state index contributed by atoms with van der Waals surface area (Å²) >= 11 is 0. The highest BCUT2D eigenvalue weighted by molar-refractivity contribution is 5.70. The Morgan fingerprint density at radius 3 is 1.56 bits per heavy atom. The summed E-state index contributed by atoms with van der Waals surface area (Å²) < 4.78 is 31.5. The van der Waals surface area contributed by atoms with Crippen LogP contribution in [0.25, 0.3) is 0 Å². The Labute approximate surface area is 48.2 Å². The van der Waals surface area contributed by atoms with Crippen LogP contribution >= 0.6 is 0 Å². The molecule has 7 heteroatoms. The normalized spacial score (nSPS) is 9.44. The van der Waals surface area contributed by atoms with E-state index in [1.54, 1.807) is 0 Å². The minimum Gasteiger partial charge on any atom is -0.542 e. The molecule has 0 aromatic rings. The minimum atomic E-state index is -5.19. The first-order chi connectivity index (χ1) is 3.94. The fraction of sp³-hybridized carbons (Fsp3) is 0.500. The van der Waals surface area contributed by atoms with Crippen LogP contribution < -0.4 is 16.8 Å². The Morgan fingerprint density at radius 1 is 1.44 bits per heavy atom. The van der Waals surface area contributed by atoms with Crippen LogP contribution in [0.1, 0.15) is 0 Å². The molecule has 0 aliphatic rings. The van der Waals surface area contributed by atoms with Gasteiger partial charge in [0.2, 0.25) is 0 Å². The fourth-order valence-corrected chi connectivity index (χ4v) is 0. The molecule has 0 rings (SSSR count). The lowest BCUT2D eigenvalue weighted by atomic mass is 10.7. The summed E-state index contributed by atoms with van der Waals surface area (Å²) in [5, 5.41) is 8.78. The topological polar surface area (TPSA) is 93.8 Å². The van der Waals surface area contributed by atoms with Gasteiger partial charge in [0.25, 0.3) is 0 Å². The van der Waals surface area contributed by atoms with Gasteiger partial charge in [-0.3, -0.25) is 5.84 Å². The average molecular weight is 146 g/mol. The number of carbonyl (C=O) groups is 1. The van der Waals surface area contributed by atoms with Gasteiger partial charge in [-0.25, -0.2) is 0 Å². The van der Waals surface area contributed by atoms with E-state index in [0.29, 0.717) is 0 Å². The molecule has 5 N–H and O–H groups in total. The molecule has 9 heavy (non-hydrogen) atoms. The van der Waals surface area contributed by atoms with E-state index in [2.05, 4.69) is 11.7 Å². The van der Waals surface area contributed by atoms with Gasteiger partial charge in [-0.15, -0.1) is 0 Å². The SMILES string of the molecule is N[NH3+].O=C([O-])C(F)(F)F. The number of alkyl halides is 3. The third-order valence-electron chi connectivity index (χ3n) is 0.231. The van der Waals surface area contributed by atoms with Crippen molar-refractivity contribution < 1.29 is 28.9 Å². The highest BCUT2D eigenvalue weighted by Gasteiger charge is 2.28. The maximum atomic E-state index is 10.5. The zero-order valence-corrected chi connectivity index (χ0v) is 4.23. The van der Waals surface area contributed by atoms with E-state index >= 15 is 0 Å². The molecule has 0 radical (unpaired) electrons. The monoisotopic (exact) mass is 146 g/mol. The number of rotatable bonds is 0. The lowest BCUT2D eigenvalue weighted by molar-refractivity contribution is -0.379. The summed E-state index contributed by atoms with van der Waals surface area (Å²) in [5.74, 6) is 3.99. The van der Waals surface area contributed by atoms with Gasteiger partial charge in [-0.1, -0.05) is 0 Å². The van der Waals surface area contributed by atoms with E-state index in [1.165, 1.54) is 0 Å². The lowest BCUT2D eigenvalue weighted by Gasteiger charge is -2.03. The number of hydrogen-bond acceptors (Lipinski definition) is 3. The molecule has 0 aromatic heterocycles. The van der Waals surface area contributed by atoms with Crippen LogP contribution in [0.2, 0.25) is 0 Å². The van der Waals surface area contributed by atoms with Crippen LogP contribution in [0.4, 0.5) is 13.2 Å².